The van der Waals surface area contributed by atoms with Gasteiger partial charge in [-0.05, 0) is 75.5 Å². The van der Waals surface area contributed by atoms with Gasteiger partial charge in [0.2, 0.25) is 0 Å². The summed E-state index contributed by atoms with van der Waals surface area (Å²) < 4.78 is 5.81. The van der Waals surface area contributed by atoms with Gasteiger partial charge in [-0.3, -0.25) is 0 Å². The fraction of sp³-hybridized carbons (Fsp3) is 0.800. The Bertz CT molecular complexity index is 304. The SMILES string of the molecule is C=CCOC1CCC([C@H]2CC[C@H](/C=C/CCC)CC2)CC1. The van der Waals surface area contributed by atoms with Crippen molar-refractivity contribution in [1.29, 1.82) is 0 Å². The Morgan fingerprint density at radius 3 is 2.14 bits per heavy atom. The highest BCUT2D eigenvalue weighted by Gasteiger charge is 2.30. The van der Waals surface area contributed by atoms with Gasteiger partial charge in [-0.15, -0.1) is 6.58 Å². The van der Waals surface area contributed by atoms with Crippen molar-refractivity contribution >= 4 is 0 Å². The summed E-state index contributed by atoms with van der Waals surface area (Å²) in [6.45, 7) is 6.72. The minimum atomic E-state index is 0.507. The first kappa shape index (κ1) is 16.8. The van der Waals surface area contributed by atoms with Crippen molar-refractivity contribution < 1.29 is 4.74 Å². The lowest BCUT2D eigenvalue weighted by Crippen LogP contribution is -2.28. The molecule has 120 valence electrons. The molecule has 2 aliphatic carbocycles. The van der Waals surface area contributed by atoms with Crippen LogP contribution in [0.1, 0.15) is 71.1 Å². The third-order valence-corrected chi connectivity index (χ3v) is 5.52. The number of hydrogen-bond acceptors (Lipinski definition) is 1. The Morgan fingerprint density at radius 1 is 0.952 bits per heavy atom. The molecule has 0 amide bonds. The van der Waals surface area contributed by atoms with Gasteiger partial charge in [-0.2, -0.15) is 0 Å². The van der Waals surface area contributed by atoms with Gasteiger partial charge in [-0.25, -0.2) is 0 Å². The normalized spacial score (nSPS) is 34.1. The number of ether oxygens (including phenoxy) is 1. The maximum atomic E-state index is 5.81. The first-order chi connectivity index (χ1) is 10.3. The highest BCUT2D eigenvalue weighted by molar-refractivity contribution is 4.92. The van der Waals surface area contributed by atoms with E-state index in [0.717, 1.165) is 24.4 Å². The Morgan fingerprint density at radius 2 is 1.57 bits per heavy atom. The van der Waals surface area contributed by atoms with Crippen molar-refractivity contribution in [2.45, 2.75) is 77.2 Å². The van der Waals surface area contributed by atoms with Crippen molar-refractivity contribution in [2.75, 3.05) is 6.61 Å². The van der Waals surface area contributed by atoms with Crippen LogP contribution >= 0.6 is 0 Å². The lowest BCUT2D eigenvalue weighted by Gasteiger charge is -2.37. The van der Waals surface area contributed by atoms with Gasteiger partial charge in [-0.1, -0.05) is 31.6 Å². The molecule has 2 rings (SSSR count). The van der Waals surface area contributed by atoms with Crippen LogP contribution in [0.2, 0.25) is 0 Å². The number of rotatable bonds is 7. The third kappa shape index (κ3) is 5.62. The average Bonchev–Trinajstić information content (AvgIpc) is 2.54. The first-order valence-electron chi connectivity index (χ1n) is 9.22. The molecule has 0 radical (unpaired) electrons. The molecule has 0 spiro atoms. The maximum absolute atomic E-state index is 5.81. The van der Waals surface area contributed by atoms with Crippen molar-refractivity contribution in [2.24, 2.45) is 17.8 Å². The molecule has 2 aliphatic rings. The lowest BCUT2D eigenvalue weighted by molar-refractivity contribution is 0.0220. The van der Waals surface area contributed by atoms with Crippen LogP contribution in [0.5, 0.6) is 0 Å². The molecule has 0 N–H and O–H groups in total. The second-order valence-corrected chi connectivity index (χ2v) is 7.05. The van der Waals surface area contributed by atoms with E-state index in [-0.39, 0.29) is 0 Å². The Kier molecular flexibility index (Phi) is 7.57. The van der Waals surface area contributed by atoms with Crippen LogP contribution in [-0.4, -0.2) is 12.7 Å². The van der Waals surface area contributed by atoms with E-state index in [2.05, 4.69) is 25.7 Å². The van der Waals surface area contributed by atoms with E-state index < -0.39 is 0 Å². The molecule has 0 atom stereocenters. The van der Waals surface area contributed by atoms with Crippen LogP contribution < -0.4 is 0 Å². The standard InChI is InChI=1S/C20H34O/c1-3-5-6-7-17-8-10-18(11-9-17)19-12-14-20(15-13-19)21-16-4-2/h4,6-7,17-20H,2-3,5,8-16H2,1H3/b7-6+/t17-,18-,19?,20?. The van der Waals surface area contributed by atoms with Gasteiger partial charge < -0.3 is 4.74 Å². The fourth-order valence-electron chi connectivity index (χ4n) is 4.19. The minimum absolute atomic E-state index is 0.507. The Hall–Kier alpha value is -0.560. The van der Waals surface area contributed by atoms with E-state index in [1.165, 1.54) is 64.2 Å². The van der Waals surface area contributed by atoms with Gasteiger partial charge in [0.1, 0.15) is 0 Å². The zero-order chi connectivity index (χ0) is 14.9. The van der Waals surface area contributed by atoms with Crippen LogP contribution in [0.15, 0.2) is 24.8 Å². The molecule has 0 saturated heterocycles. The van der Waals surface area contributed by atoms with Crippen molar-refractivity contribution in [3.63, 3.8) is 0 Å². The summed E-state index contributed by atoms with van der Waals surface area (Å²) in [4.78, 5) is 0. The summed E-state index contributed by atoms with van der Waals surface area (Å²) in [5.74, 6) is 2.86. The van der Waals surface area contributed by atoms with Crippen molar-refractivity contribution in [3.8, 4) is 0 Å². The third-order valence-electron chi connectivity index (χ3n) is 5.52. The topological polar surface area (TPSA) is 9.23 Å². The molecule has 1 heteroatoms. The second-order valence-electron chi connectivity index (χ2n) is 7.05. The van der Waals surface area contributed by atoms with Crippen LogP contribution in [0.25, 0.3) is 0 Å². The fourth-order valence-corrected chi connectivity index (χ4v) is 4.19. The number of hydrogen-bond donors (Lipinski definition) is 0. The number of unbranched alkanes of at least 4 members (excludes halogenated alkanes) is 1. The van der Waals surface area contributed by atoms with Crippen LogP contribution in [0.3, 0.4) is 0 Å². The van der Waals surface area contributed by atoms with E-state index in [1.807, 2.05) is 6.08 Å². The maximum Gasteiger partial charge on any atom is 0.0648 e. The smallest absolute Gasteiger partial charge is 0.0648 e. The zero-order valence-corrected chi connectivity index (χ0v) is 13.9. The van der Waals surface area contributed by atoms with E-state index >= 15 is 0 Å². The van der Waals surface area contributed by atoms with E-state index in [4.69, 9.17) is 4.74 Å². The molecule has 0 aromatic heterocycles. The summed E-state index contributed by atoms with van der Waals surface area (Å²) >= 11 is 0. The predicted octanol–water partition coefficient (Wildman–Crippen LogP) is 5.91. The molecule has 2 fully saturated rings. The highest BCUT2D eigenvalue weighted by Crippen LogP contribution is 2.40. The molecule has 0 aromatic carbocycles. The molecule has 2 saturated carbocycles. The van der Waals surface area contributed by atoms with Gasteiger partial charge in [0.05, 0.1) is 12.7 Å². The molecule has 0 bridgehead atoms. The van der Waals surface area contributed by atoms with Gasteiger partial charge in [0.25, 0.3) is 0 Å². The van der Waals surface area contributed by atoms with Crippen LogP contribution in [-0.2, 0) is 4.74 Å². The molecular formula is C20H34O. The van der Waals surface area contributed by atoms with E-state index in [9.17, 15) is 0 Å². The largest absolute Gasteiger partial charge is 0.374 e. The predicted molar refractivity (Wildman–Crippen MR) is 91.4 cm³/mol. The van der Waals surface area contributed by atoms with Crippen molar-refractivity contribution in [3.05, 3.63) is 24.8 Å². The highest BCUT2D eigenvalue weighted by atomic mass is 16.5. The monoisotopic (exact) mass is 290 g/mol. The Balaban J connectivity index is 1.65. The first-order valence-corrected chi connectivity index (χ1v) is 9.22. The number of allylic oxidation sites excluding steroid dienone is 2. The van der Waals surface area contributed by atoms with Crippen molar-refractivity contribution in [1.82, 2.24) is 0 Å². The summed E-state index contributed by atoms with van der Waals surface area (Å²) in [7, 11) is 0. The van der Waals surface area contributed by atoms with E-state index in [1.54, 1.807) is 0 Å². The summed E-state index contributed by atoms with van der Waals surface area (Å²) in [5, 5.41) is 0. The van der Waals surface area contributed by atoms with Gasteiger partial charge in [0.15, 0.2) is 0 Å². The van der Waals surface area contributed by atoms with Gasteiger partial charge >= 0.3 is 0 Å². The van der Waals surface area contributed by atoms with Crippen LogP contribution in [0, 0.1) is 17.8 Å². The average molecular weight is 290 g/mol. The second kappa shape index (κ2) is 9.46. The molecular weight excluding hydrogens is 256 g/mol. The summed E-state index contributed by atoms with van der Waals surface area (Å²) in [6.07, 6.45) is 20.9. The summed E-state index contributed by atoms with van der Waals surface area (Å²) in [6, 6.07) is 0. The van der Waals surface area contributed by atoms with Crippen LogP contribution in [0.4, 0.5) is 0 Å². The molecule has 0 heterocycles. The molecule has 0 aromatic rings. The molecule has 21 heavy (non-hydrogen) atoms. The lowest BCUT2D eigenvalue weighted by atomic mass is 9.70. The minimum Gasteiger partial charge on any atom is -0.374 e. The molecule has 0 aliphatic heterocycles. The molecule has 1 nitrogen and oxygen atoms in total. The zero-order valence-electron chi connectivity index (χ0n) is 13.9. The van der Waals surface area contributed by atoms with E-state index in [0.29, 0.717) is 6.10 Å². The molecule has 0 unspecified atom stereocenters. The summed E-state index contributed by atoms with van der Waals surface area (Å²) in [5.41, 5.74) is 0. The van der Waals surface area contributed by atoms with Gasteiger partial charge in [0, 0.05) is 0 Å². The Labute approximate surface area is 131 Å². The quantitative estimate of drug-likeness (QED) is 0.529.